The Balaban J connectivity index is 0.000000180. The third-order valence-electron chi connectivity index (χ3n) is 6.09. The molecule has 6 rings (SSSR count). The zero-order valence-electron chi connectivity index (χ0n) is 19.3. The number of pyridine rings is 3. The SMILES string of the molecule is Cc1cnc(-c2[c-]ncc3c4c(sc23)CCCC4)cc1C.[Ir].[c-]1ccccc1-c1ccccn1. The normalized spacial score (nSPS) is 12.3. The number of nitrogens with zero attached hydrogens (tertiary/aromatic N) is 3. The molecule has 0 fully saturated rings. The molecular weight excluding hydrogens is 615 g/mol. The van der Waals surface area contributed by atoms with Gasteiger partial charge in [0, 0.05) is 32.5 Å². The van der Waals surface area contributed by atoms with Crippen molar-refractivity contribution in [2.45, 2.75) is 39.5 Å². The van der Waals surface area contributed by atoms with Gasteiger partial charge in [0.1, 0.15) is 0 Å². The first-order valence-corrected chi connectivity index (χ1v) is 12.1. The average molecular weight is 640 g/mol. The molecule has 5 aromatic rings. The minimum atomic E-state index is 0. The molecule has 173 valence electrons. The first-order valence-electron chi connectivity index (χ1n) is 11.3. The van der Waals surface area contributed by atoms with Crippen LogP contribution >= 0.6 is 11.3 Å². The van der Waals surface area contributed by atoms with Gasteiger partial charge in [0.2, 0.25) is 0 Å². The molecule has 34 heavy (non-hydrogen) atoms. The van der Waals surface area contributed by atoms with Gasteiger partial charge in [-0.3, -0.25) is 0 Å². The third-order valence-corrected chi connectivity index (χ3v) is 7.41. The van der Waals surface area contributed by atoms with Gasteiger partial charge >= 0.3 is 0 Å². The van der Waals surface area contributed by atoms with Gasteiger partial charge in [0.05, 0.1) is 0 Å². The smallest absolute Gasteiger partial charge is 0.0192 e. The number of hydrogen-bond acceptors (Lipinski definition) is 4. The van der Waals surface area contributed by atoms with Crippen LogP contribution < -0.4 is 0 Å². The third kappa shape index (κ3) is 5.17. The fraction of sp³-hybridized carbons (Fsp3) is 0.207. The van der Waals surface area contributed by atoms with Crippen LogP contribution in [0.5, 0.6) is 0 Å². The standard InChI is InChI=1S/C18H17N2S.C11H8N.Ir/c1-11-7-16(20-8-12(11)2)15-10-19-9-14-13-5-3-4-6-17(13)21-18(14)15;1-2-6-10(7-3-1)11-8-4-5-9-12-11;/h7-9H,3-6H2,1-2H3;1-6,8-9H;/q2*-1;. The second-order valence-corrected chi connectivity index (χ2v) is 9.45. The van der Waals surface area contributed by atoms with E-state index < -0.39 is 0 Å². The first-order chi connectivity index (χ1) is 16.2. The van der Waals surface area contributed by atoms with Crippen LogP contribution in [0, 0.1) is 26.1 Å². The van der Waals surface area contributed by atoms with E-state index in [0.717, 1.165) is 22.5 Å². The number of aromatic nitrogens is 3. The van der Waals surface area contributed by atoms with Gasteiger partial charge in [0.25, 0.3) is 0 Å². The summed E-state index contributed by atoms with van der Waals surface area (Å²) in [5, 5.41) is 1.32. The molecule has 0 spiro atoms. The number of benzene rings is 1. The van der Waals surface area contributed by atoms with Crippen molar-refractivity contribution in [3.8, 4) is 22.5 Å². The summed E-state index contributed by atoms with van der Waals surface area (Å²) in [7, 11) is 0. The van der Waals surface area contributed by atoms with Gasteiger partial charge in [-0.25, -0.2) is 0 Å². The van der Waals surface area contributed by atoms with E-state index >= 15 is 0 Å². The Kier molecular flexibility index (Phi) is 7.99. The second kappa shape index (κ2) is 11.1. The number of fused-ring (bicyclic) bond motifs is 3. The predicted molar refractivity (Wildman–Crippen MR) is 136 cm³/mol. The van der Waals surface area contributed by atoms with Crippen molar-refractivity contribution in [3.05, 3.63) is 101 Å². The Morgan fingerprint density at radius 3 is 2.50 bits per heavy atom. The van der Waals surface area contributed by atoms with Crippen LogP contribution in [0.3, 0.4) is 0 Å². The summed E-state index contributed by atoms with van der Waals surface area (Å²) in [6.45, 7) is 4.23. The van der Waals surface area contributed by atoms with E-state index in [2.05, 4.69) is 47.1 Å². The number of thiophene rings is 1. The molecule has 4 heterocycles. The molecule has 1 aliphatic carbocycles. The molecule has 0 N–H and O–H groups in total. The molecule has 0 aliphatic heterocycles. The van der Waals surface area contributed by atoms with Gasteiger partial charge in [-0.05, 0) is 90.1 Å². The first kappa shape index (κ1) is 24.4. The van der Waals surface area contributed by atoms with Crippen molar-refractivity contribution >= 4 is 21.4 Å². The van der Waals surface area contributed by atoms with E-state index in [1.54, 1.807) is 11.1 Å². The maximum absolute atomic E-state index is 4.60. The minimum Gasteiger partial charge on any atom is -0.359 e. The molecule has 3 nitrogen and oxygen atoms in total. The molecule has 5 heteroatoms. The molecule has 4 aromatic heterocycles. The molecule has 1 aromatic carbocycles. The Hall–Kier alpha value is -2.72. The summed E-state index contributed by atoms with van der Waals surface area (Å²) in [5.74, 6) is 0. The van der Waals surface area contributed by atoms with Crippen molar-refractivity contribution in [1.29, 1.82) is 0 Å². The predicted octanol–water partition coefficient (Wildman–Crippen LogP) is 7.20. The molecule has 1 radical (unpaired) electrons. The van der Waals surface area contributed by atoms with Crippen molar-refractivity contribution in [2.24, 2.45) is 0 Å². The Labute approximate surface area is 218 Å². The van der Waals surface area contributed by atoms with E-state index in [9.17, 15) is 0 Å². The fourth-order valence-electron chi connectivity index (χ4n) is 4.13. The summed E-state index contributed by atoms with van der Waals surface area (Å²) in [5.41, 5.74) is 8.09. The summed E-state index contributed by atoms with van der Waals surface area (Å²) >= 11 is 1.92. The maximum Gasteiger partial charge on any atom is 0.0192 e. The van der Waals surface area contributed by atoms with Gasteiger partial charge in [0.15, 0.2) is 0 Å². The number of rotatable bonds is 2. The van der Waals surface area contributed by atoms with Crippen LogP contribution in [-0.2, 0) is 32.9 Å². The zero-order valence-corrected chi connectivity index (χ0v) is 22.5. The molecule has 1 aliphatic rings. The van der Waals surface area contributed by atoms with Crippen LogP contribution in [0.4, 0.5) is 0 Å². The van der Waals surface area contributed by atoms with Gasteiger partial charge in [-0.2, -0.15) is 11.3 Å². The molecule has 0 bridgehead atoms. The van der Waals surface area contributed by atoms with Crippen LogP contribution in [0.25, 0.3) is 32.6 Å². The van der Waals surface area contributed by atoms with Crippen molar-refractivity contribution in [1.82, 2.24) is 15.0 Å². The van der Waals surface area contributed by atoms with Crippen LogP contribution in [0.2, 0.25) is 0 Å². The van der Waals surface area contributed by atoms with Gasteiger partial charge in [-0.1, -0.05) is 34.7 Å². The Morgan fingerprint density at radius 1 is 0.882 bits per heavy atom. The minimum absolute atomic E-state index is 0. The van der Waals surface area contributed by atoms with E-state index in [-0.39, 0.29) is 20.1 Å². The Bertz CT molecular complexity index is 1340. The topological polar surface area (TPSA) is 38.7 Å². The molecule has 0 unspecified atom stereocenters. The largest absolute Gasteiger partial charge is 0.359 e. The summed E-state index contributed by atoms with van der Waals surface area (Å²) < 4.78 is 1.31. The van der Waals surface area contributed by atoms with E-state index in [1.165, 1.54) is 52.5 Å². The van der Waals surface area contributed by atoms with Crippen molar-refractivity contribution in [2.75, 3.05) is 0 Å². The second-order valence-electron chi connectivity index (χ2n) is 8.34. The quantitative estimate of drug-likeness (QED) is 0.192. The fourth-order valence-corrected chi connectivity index (χ4v) is 5.50. The van der Waals surface area contributed by atoms with Crippen LogP contribution in [-0.4, -0.2) is 15.0 Å². The number of hydrogen-bond donors (Lipinski definition) is 0. The molecule has 0 amide bonds. The van der Waals surface area contributed by atoms with Crippen molar-refractivity contribution < 1.29 is 20.1 Å². The summed E-state index contributed by atoms with van der Waals surface area (Å²) in [4.78, 5) is 14.7. The van der Waals surface area contributed by atoms with E-state index in [4.69, 9.17) is 0 Å². The summed E-state index contributed by atoms with van der Waals surface area (Å²) in [6, 6.07) is 19.0. The number of aryl methyl sites for hydroxylation is 4. The molecular formula is C29H25IrN3S-2. The monoisotopic (exact) mass is 640 g/mol. The van der Waals surface area contributed by atoms with Crippen LogP contribution in [0.15, 0.2) is 67.1 Å². The van der Waals surface area contributed by atoms with Crippen molar-refractivity contribution in [3.63, 3.8) is 0 Å². The molecule has 0 atom stereocenters. The van der Waals surface area contributed by atoms with Crippen LogP contribution in [0.1, 0.15) is 34.4 Å². The van der Waals surface area contributed by atoms with E-state index in [1.807, 2.05) is 66.2 Å². The summed E-state index contributed by atoms with van der Waals surface area (Å²) in [6.07, 6.45) is 13.9. The molecule has 0 saturated heterocycles. The van der Waals surface area contributed by atoms with Gasteiger partial charge < -0.3 is 15.0 Å². The molecule has 0 saturated carbocycles. The Morgan fingerprint density at radius 2 is 1.74 bits per heavy atom. The van der Waals surface area contributed by atoms with E-state index in [0.29, 0.717) is 0 Å². The average Bonchev–Trinajstić information content (AvgIpc) is 3.26. The maximum atomic E-state index is 4.60. The van der Waals surface area contributed by atoms with Gasteiger partial charge in [-0.15, -0.1) is 35.9 Å². The zero-order chi connectivity index (χ0) is 22.6.